The summed E-state index contributed by atoms with van der Waals surface area (Å²) in [6.07, 6.45) is 0. The third-order valence-electron chi connectivity index (χ3n) is 1.89. The number of halogens is 1. The van der Waals surface area contributed by atoms with Crippen LogP contribution in [0.5, 0.6) is 0 Å². The van der Waals surface area contributed by atoms with E-state index in [0.29, 0.717) is 0 Å². The van der Waals surface area contributed by atoms with Crippen LogP contribution in [0.1, 0.15) is 5.56 Å². The van der Waals surface area contributed by atoms with Crippen LogP contribution in [-0.2, 0) is 6.04 Å². The van der Waals surface area contributed by atoms with Gasteiger partial charge in [-0.3, -0.25) is 0 Å². The van der Waals surface area contributed by atoms with Gasteiger partial charge in [-0.05, 0) is 10.1 Å². The van der Waals surface area contributed by atoms with Crippen LogP contribution in [0.4, 0.5) is 0 Å². The summed E-state index contributed by atoms with van der Waals surface area (Å²) in [5, 5.41) is 0. The summed E-state index contributed by atoms with van der Waals surface area (Å²) >= 11 is 2.52. The number of benzene rings is 1. The van der Waals surface area contributed by atoms with Crippen LogP contribution in [0.2, 0.25) is 13.1 Å². The summed E-state index contributed by atoms with van der Waals surface area (Å²) in [7, 11) is -0.931. The molecule has 0 aromatic heterocycles. The summed E-state index contributed by atoms with van der Waals surface area (Å²) in [4.78, 5) is 0. The lowest BCUT2D eigenvalue weighted by Gasteiger charge is -2.18. The van der Waals surface area contributed by atoms with Gasteiger partial charge in [-0.1, -0.05) is 71.6 Å². The molecule has 0 N–H and O–H groups in total. The minimum Gasteiger partial charge on any atom is -0.0897 e. The molecule has 0 nitrogen and oxygen atoms in total. The maximum absolute atomic E-state index is 2.52. The predicted octanol–water partition coefficient (Wildman–Crippen LogP) is 3.45. The normalized spacial score (nSPS) is 11.6. The van der Waals surface area contributed by atoms with Crippen molar-refractivity contribution in [3.63, 3.8) is 0 Å². The van der Waals surface area contributed by atoms with Crippen LogP contribution in [0.15, 0.2) is 30.3 Å². The fourth-order valence-electron chi connectivity index (χ4n) is 1.20. The first-order chi connectivity index (χ1) is 5.64. The quantitative estimate of drug-likeness (QED) is 0.454. The van der Waals surface area contributed by atoms with Crippen molar-refractivity contribution in [2.75, 3.05) is 4.05 Å². The topological polar surface area (TPSA) is 0 Å². The van der Waals surface area contributed by atoms with E-state index in [4.69, 9.17) is 0 Å². The molecule has 0 aliphatic rings. The Balaban J connectivity index is 2.64. The van der Waals surface area contributed by atoms with Crippen LogP contribution < -0.4 is 0 Å². The first kappa shape index (κ1) is 10.2. The third kappa shape index (κ3) is 3.27. The maximum atomic E-state index is 2.52. The van der Waals surface area contributed by atoms with Crippen LogP contribution in [0.25, 0.3) is 0 Å². The predicted molar refractivity (Wildman–Crippen MR) is 66.5 cm³/mol. The summed E-state index contributed by atoms with van der Waals surface area (Å²) in [5.41, 5.74) is 1.51. The number of rotatable bonds is 3. The van der Waals surface area contributed by atoms with Gasteiger partial charge in [0.25, 0.3) is 0 Å². The molecule has 1 rings (SSSR count). The molecule has 0 heterocycles. The van der Waals surface area contributed by atoms with E-state index in [-0.39, 0.29) is 0 Å². The van der Waals surface area contributed by atoms with Crippen molar-refractivity contribution < 1.29 is 0 Å². The molecule has 0 saturated heterocycles. The van der Waals surface area contributed by atoms with Gasteiger partial charge in [0.15, 0.2) is 0 Å². The molecule has 2 heteroatoms. The smallest absolute Gasteiger partial charge is 0.0621 e. The first-order valence-corrected chi connectivity index (χ1v) is 9.18. The van der Waals surface area contributed by atoms with Crippen molar-refractivity contribution in [2.45, 2.75) is 19.1 Å². The molecule has 0 spiro atoms. The third-order valence-corrected chi connectivity index (χ3v) is 10.2. The molecule has 66 valence electrons. The van der Waals surface area contributed by atoms with E-state index < -0.39 is 8.07 Å². The van der Waals surface area contributed by atoms with Gasteiger partial charge >= 0.3 is 0 Å². The van der Waals surface area contributed by atoms with E-state index in [2.05, 4.69) is 66.0 Å². The average molecular weight is 290 g/mol. The summed E-state index contributed by atoms with van der Waals surface area (Å²) < 4.78 is 1.35. The molecule has 1 aromatic carbocycles. The molecule has 0 unspecified atom stereocenters. The van der Waals surface area contributed by atoms with Crippen molar-refractivity contribution in [1.82, 2.24) is 0 Å². The van der Waals surface area contributed by atoms with Crippen molar-refractivity contribution in [3.8, 4) is 0 Å². The fourth-order valence-corrected chi connectivity index (χ4v) is 3.44. The molecule has 0 aliphatic carbocycles. The van der Waals surface area contributed by atoms with Crippen molar-refractivity contribution >= 4 is 30.7 Å². The second-order valence-corrected chi connectivity index (χ2v) is 11.2. The van der Waals surface area contributed by atoms with Gasteiger partial charge in [-0.25, -0.2) is 0 Å². The van der Waals surface area contributed by atoms with Gasteiger partial charge in [-0.15, -0.1) is 0 Å². The Kier molecular flexibility index (Phi) is 3.77. The van der Waals surface area contributed by atoms with Gasteiger partial charge in [0, 0.05) is 0 Å². The van der Waals surface area contributed by atoms with Crippen LogP contribution >= 0.6 is 22.6 Å². The molecule has 0 fully saturated rings. The molecular formula is C10H15ISi. The molecular weight excluding hydrogens is 275 g/mol. The Labute approximate surface area is 89.5 Å². The highest BCUT2D eigenvalue weighted by Gasteiger charge is 2.18. The van der Waals surface area contributed by atoms with Crippen molar-refractivity contribution in [1.29, 1.82) is 0 Å². The molecule has 12 heavy (non-hydrogen) atoms. The lowest BCUT2D eigenvalue weighted by atomic mass is 10.2. The lowest BCUT2D eigenvalue weighted by molar-refractivity contribution is 1.31. The van der Waals surface area contributed by atoms with E-state index in [0.717, 1.165) is 0 Å². The zero-order chi connectivity index (χ0) is 9.03. The van der Waals surface area contributed by atoms with Crippen LogP contribution in [0.3, 0.4) is 0 Å². The Morgan fingerprint density at radius 2 is 1.75 bits per heavy atom. The SMILES string of the molecule is C[Si](C)(CI)Cc1ccccc1. The Morgan fingerprint density at radius 1 is 1.17 bits per heavy atom. The molecule has 0 radical (unpaired) electrons. The minimum absolute atomic E-state index is 0.931. The summed E-state index contributed by atoms with van der Waals surface area (Å²) in [5.74, 6) is 0. The molecule has 0 saturated carbocycles. The first-order valence-electron chi connectivity index (χ1n) is 4.24. The number of hydrogen-bond acceptors (Lipinski definition) is 0. The second kappa shape index (κ2) is 4.42. The molecule has 1 aromatic rings. The molecule has 0 atom stereocenters. The van der Waals surface area contributed by atoms with Gasteiger partial charge in [0.05, 0.1) is 8.07 Å². The molecule has 0 aliphatic heterocycles. The average Bonchev–Trinajstić information content (AvgIpc) is 2.06. The van der Waals surface area contributed by atoms with Gasteiger partial charge in [0.2, 0.25) is 0 Å². The largest absolute Gasteiger partial charge is 0.0897 e. The van der Waals surface area contributed by atoms with E-state index in [1.807, 2.05) is 0 Å². The van der Waals surface area contributed by atoms with Gasteiger partial charge in [0.1, 0.15) is 0 Å². The highest BCUT2D eigenvalue weighted by molar-refractivity contribution is 14.1. The van der Waals surface area contributed by atoms with Crippen molar-refractivity contribution in [2.24, 2.45) is 0 Å². The second-order valence-electron chi connectivity index (χ2n) is 3.96. The van der Waals surface area contributed by atoms with Gasteiger partial charge in [-0.2, -0.15) is 0 Å². The lowest BCUT2D eigenvalue weighted by Crippen LogP contribution is -2.31. The van der Waals surface area contributed by atoms with E-state index in [1.54, 1.807) is 0 Å². The number of hydrogen-bond donors (Lipinski definition) is 0. The standard InChI is InChI=1S/C10H15ISi/c1-12(2,9-11)8-10-6-4-3-5-7-10/h3-7H,8-9H2,1-2H3. The highest BCUT2D eigenvalue weighted by Crippen LogP contribution is 2.13. The molecule has 0 amide bonds. The maximum Gasteiger partial charge on any atom is 0.0621 e. The highest BCUT2D eigenvalue weighted by atomic mass is 127. The zero-order valence-corrected chi connectivity index (χ0v) is 10.8. The van der Waals surface area contributed by atoms with E-state index in [1.165, 1.54) is 15.7 Å². The Hall–Kier alpha value is 0.167. The molecule has 0 bridgehead atoms. The monoisotopic (exact) mass is 290 g/mol. The van der Waals surface area contributed by atoms with Gasteiger partial charge < -0.3 is 0 Å². The van der Waals surface area contributed by atoms with Crippen LogP contribution in [0, 0.1) is 0 Å². The Bertz CT molecular complexity index is 231. The van der Waals surface area contributed by atoms with Crippen molar-refractivity contribution in [3.05, 3.63) is 35.9 Å². The fraction of sp³-hybridized carbons (Fsp3) is 0.400. The number of alkyl halides is 1. The van der Waals surface area contributed by atoms with Crippen LogP contribution in [-0.4, -0.2) is 12.1 Å². The summed E-state index contributed by atoms with van der Waals surface area (Å²) in [6, 6.07) is 12.1. The van der Waals surface area contributed by atoms with E-state index in [9.17, 15) is 0 Å². The Morgan fingerprint density at radius 3 is 2.25 bits per heavy atom. The summed E-state index contributed by atoms with van der Waals surface area (Å²) in [6.45, 7) is 4.90. The minimum atomic E-state index is -0.931. The zero-order valence-electron chi connectivity index (χ0n) is 7.68. The van der Waals surface area contributed by atoms with E-state index >= 15 is 0 Å².